The molecule has 0 unspecified atom stereocenters. The van der Waals surface area contributed by atoms with E-state index in [4.69, 9.17) is 4.74 Å². The van der Waals surface area contributed by atoms with Crippen LogP contribution in [0.15, 0.2) is 18.2 Å². The molecule has 3 atom stereocenters. The van der Waals surface area contributed by atoms with Crippen LogP contribution in [0.3, 0.4) is 0 Å². The van der Waals surface area contributed by atoms with Crippen molar-refractivity contribution in [2.45, 2.75) is 109 Å². The van der Waals surface area contributed by atoms with Gasteiger partial charge in [0.25, 0.3) is 5.92 Å². The number of nitrogens with zero attached hydrogens (tertiary/aromatic N) is 3. The van der Waals surface area contributed by atoms with Crippen LogP contribution in [-0.4, -0.2) is 82.0 Å². The molecule has 2 saturated heterocycles. The predicted octanol–water partition coefficient (Wildman–Crippen LogP) is 2.45. The summed E-state index contributed by atoms with van der Waals surface area (Å²) in [6.07, 6.45) is -0.775. The third kappa shape index (κ3) is 9.71. The standard InChI is InChI=1S/C33H42F2N6O7/c1-32(2,3)48-31(47)37-11-5-8-24(42)9-10-27(43)38-16-20-6-4-7-21-17-40(18-25(20)21)28(44)13-22-12-26(39-29(22)45)30(46)41-19-33(34,35)14-23(41)15-36/h4,6-7,22-23,26H,5,8-14,16-19H2,1-3H3,(H,37,47)(H,38,43)(H,39,45)/t22-,23-,26-/m0/s1. The lowest BCUT2D eigenvalue weighted by Gasteiger charge is -2.22. The van der Waals surface area contributed by atoms with E-state index in [1.54, 1.807) is 31.7 Å². The van der Waals surface area contributed by atoms with Gasteiger partial charge in [-0.05, 0) is 50.3 Å². The van der Waals surface area contributed by atoms with E-state index >= 15 is 0 Å². The van der Waals surface area contributed by atoms with Crippen molar-refractivity contribution in [3.8, 4) is 6.07 Å². The van der Waals surface area contributed by atoms with Crippen LogP contribution in [0, 0.1) is 17.2 Å². The Kier molecular flexibility index (Phi) is 11.4. The number of carbonyl (C=O) groups excluding carboxylic acids is 6. The molecule has 3 N–H and O–H groups in total. The quantitative estimate of drug-likeness (QED) is 0.284. The number of likely N-dealkylation sites (tertiary alicyclic amines) is 1. The maximum Gasteiger partial charge on any atom is 0.407 e. The molecule has 0 spiro atoms. The fraction of sp³-hybridized carbons (Fsp3) is 0.606. The number of Topliss-reactive ketones (excluding diaryl/α,β-unsaturated/α-hetero) is 1. The van der Waals surface area contributed by atoms with E-state index in [2.05, 4.69) is 16.0 Å². The van der Waals surface area contributed by atoms with E-state index < -0.39 is 60.4 Å². The molecule has 1 aromatic carbocycles. The number of fused-ring (bicyclic) bond motifs is 1. The molecule has 3 aliphatic rings. The molecule has 1 aromatic rings. The molecule has 13 nitrogen and oxygen atoms in total. The summed E-state index contributed by atoms with van der Waals surface area (Å²) in [5.74, 6) is -5.96. The lowest BCUT2D eigenvalue weighted by Crippen LogP contribution is -2.46. The van der Waals surface area contributed by atoms with Gasteiger partial charge in [-0.2, -0.15) is 5.26 Å². The maximum absolute atomic E-state index is 13.8. The second kappa shape index (κ2) is 15.1. The summed E-state index contributed by atoms with van der Waals surface area (Å²) >= 11 is 0. The summed E-state index contributed by atoms with van der Waals surface area (Å²) in [5.41, 5.74) is 1.97. The molecule has 0 aromatic heterocycles. The normalized spacial score (nSPS) is 21.2. The first-order valence-electron chi connectivity index (χ1n) is 16.1. The van der Waals surface area contributed by atoms with Gasteiger partial charge in [0.15, 0.2) is 0 Å². The molecule has 2 fully saturated rings. The number of hydrogen-bond donors (Lipinski definition) is 3. The van der Waals surface area contributed by atoms with Crippen LogP contribution in [0.1, 0.15) is 82.4 Å². The van der Waals surface area contributed by atoms with Crippen molar-refractivity contribution in [1.82, 2.24) is 25.8 Å². The van der Waals surface area contributed by atoms with Crippen molar-refractivity contribution in [1.29, 1.82) is 5.26 Å². The molecular formula is C33H42F2N6O7. The van der Waals surface area contributed by atoms with E-state index in [9.17, 15) is 42.8 Å². The monoisotopic (exact) mass is 672 g/mol. The van der Waals surface area contributed by atoms with Gasteiger partial charge in [0, 0.05) is 64.2 Å². The molecule has 3 heterocycles. The minimum Gasteiger partial charge on any atom is -0.444 e. The van der Waals surface area contributed by atoms with Gasteiger partial charge in [-0.25, -0.2) is 13.6 Å². The zero-order valence-corrected chi connectivity index (χ0v) is 27.4. The van der Waals surface area contributed by atoms with Gasteiger partial charge in [-0.3, -0.25) is 24.0 Å². The van der Waals surface area contributed by atoms with Crippen molar-refractivity contribution in [3.63, 3.8) is 0 Å². The van der Waals surface area contributed by atoms with Gasteiger partial charge in [-0.1, -0.05) is 18.2 Å². The Morgan fingerprint density at radius 2 is 1.85 bits per heavy atom. The molecular weight excluding hydrogens is 630 g/mol. The molecule has 0 saturated carbocycles. The molecule has 15 heteroatoms. The van der Waals surface area contributed by atoms with Crippen LogP contribution >= 0.6 is 0 Å². The molecule has 0 aliphatic carbocycles. The van der Waals surface area contributed by atoms with Gasteiger partial charge in [-0.15, -0.1) is 0 Å². The lowest BCUT2D eigenvalue weighted by molar-refractivity contribution is -0.135. The van der Waals surface area contributed by atoms with Crippen molar-refractivity contribution in [2.75, 3.05) is 13.1 Å². The van der Waals surface area contributed by atoms with Crippen LogP contribution in [-0.2, 0) is 48.3 Å². The minimum absolute atomic E-state index is 0.0161. The zero-order chi connectivity index (χ0) is 35.2. The van der Waals surface area contributed by atoms with Crippen LogP contribution in [0.5, 0.6) is 0 Å². The number of halogens is 2. The summed E-state index contributed by atoms with van der Waals surface area (Å²) in [7, 11) is 0. The minimum atomic E-state index is -3.18. The summed E-state index contributed by atoms with van der Waals surface area (Å²) < 4.78 is 32.8. The zero-order valence-electron chi connectivity index (χ0n) is 27.4. The lowest BCUT2D eigenvalue weighted by atomic mass is 9.99. The number of carbonyl (C=O) groups is 6. The molecule has 5 amide bonds. The highest BCUT2D eigenvalue weighted by molar-refractivity contribution is 5.94. The van der Waals surface area contributed by atoms with E-state index in [0.29, 0.717) is 13.0 Å². The second-order valence-electron chi connectivity index (χ2n) is 13.5. The Morgan fingerprint density at radius 1 is 1.10 bits per heavy atom. The number of hydrogen-bond acceptors (Lipinski definition) is 8. The number of ketones is 1. The Morgan fingerprint density at radius 3 is 2.56 bits per heavy atom. The summed E-state index contributed by atoms with van der Waals surface area (Å²) in [6.45, 7) is 5.43. The van der Waals surface area contributed by atoms with E-state index in [1.807, 2.05) is 18.2 Å². The fourth-order valence-corrected chi connectivity index (χ4v) is 6.07. The molecule has 4 rings (SSSR count). The highest BCUT2D eigenvalue weighted by Gasteiger charge is 2.50. The maximum atomic E-state index is 13.8. The first-order valence-corrected chi connectivity index (χ1v) is 16.1. The third-order valence-corrected chi connectivity index (χ3v) is 8.47. The number of rotatable bonds is 12. The van der Waals surface area contributed by atoms with Crippen LogP contribution in [0.2, 0.25) is 0 Å². The number of alkyl carbamates (subject to hydrolysis) is 1. The first-order chi connectivity index (χ1) is 22.5. The van der Waals surface area contributed by atoms with Gasteiger partial charge < -0.3 is 30.5 Å². The van der Waals surface area contributed by atoms with Crippen LogP contribution in [0.25, 0.3) is 0 Å². The van der Waals surface area contributed by atoms with Crippen molar-refractivity contribution < 1.29 is 42.3 Å². The topological polar surface area (TPSA) is 178 Å². The summed E-state index contributed by atoms with van der Waals surface area (Å²) in [6, 6.07) is 4.90. The van der Waals surface area contributed by atoms with Gasteiger partial charge in [0.2, 0.25) is 23.6 Å². The Hall–Kier alpha value is -4.61. The number of ether oxygens (including phenoxy) is 1. The first kappa shape index (κ1) is 36.2. The van der Waals surface area contributed by atoms with Gasteiger partial charge in [0.1, 0.15) is 23.5 Å². The number of benzene rings is 1. The van der Waals surface area contributed by atoms with Crippen LogP contribution in [0.4, 0.5) is 13.6 Å². The van der Waals surface area contributed by atoms with E-state index in [1.165, 1.54) is 0 Å². The van der Waals surface area contributed by atoms with E-state index in [-0.39, 0.29) is 69.3 Å². The summed E-state index contributed by atoms with van der Waals surface area (Å²) in [4.78, 5) is 77.5. The average Bonchev–Trinajstić information content (AvgIpc) is 3.70. The van der Waals surface area contributed by atoms with Crippen molar-refractivity contribution >= 4 is 35.5 Å². The predicted molar refractivity (Wildman–Crippen MR) is 166 cm³/mol. The number of alkyl halides is 2. The van der Waals surface area contributed by atoms with Crippen molar-refractivity contribution in [2.24, 2.45) is 5.92 Å². The SMILES string of the molecule is CC(C)(C)OC(=O)NCCCC(=O)CCC(=O)NCc1cccc2c1CN(C(=O)C[C@@H]1C[C@@H](C(=O)N3CC(F)(F)C[C@H]3C#N)NC1=O)C2. The van der Waals surface area contributed by atoms with E-state index in [0.717, 1.165) is 21.6 Å². The molecule has 0 bridgehead atoms. The average molecular weight is 673 g/mol. The Balaban J connectivity index is 1.19. The molecule has 260 valence electrons. The molecule has 0 radical (unpaired) electrons. The number of amides is 5. The highest BCUT2D eigenvalue weighted by Crippen LogP contribution is 2.34. The second-order valence-corrected chi connectivity index (χ2v) is 13.5. The molecule has 48 heavy (non-hydrogen) atoms. The van der Waals surface area contributed by atoms with Gasteiger partial charge in [0.05, 0.1) is 12.6 Å². The largest absolute Gasteiger partial charge is 0.444 e. The Bertz CT molecular complexity index is 1490. The van der Waals surface area contributed by atoms with Gasteiger partial charge >= 0.3 is 6.09 Å². The van der Waals surface area contributed by atoms with Crippen molar-refractivity contribution in [3.05, 3.63) is 34.9 Å². The number of nitrogens with one attached hydrogen (secondary N) is 3. The Labute approximate surface area is 277 Å². The third-order valence-electron chi connectivity index (χ3n) is 8.47. The fourth-order valence-electron chi connectivity index (χ4n) is 6.07. The van der Waals surface area contributed by atoms with Crippen LogP contribution < -0.4 is 16.0 Å². The number of nitriles is 1. The highest BCUT2D eigenvalue weighted by atomic mass is 19.3. The smallest absolute Gasteiger partial charge is 0.407 e. The molecule has 3 aliphatic heterocycles. The summed E-state index contributed by atoms with van der Waals surface area (Å²) in [5, 5.41) is 17.1.